The summed E-state index contributed by atoms with van der Waals surface area (Å²) in [6.07, 6.45) is 2.45. The van der Waals surface area contributed by atoms with Crippen molar-refractivity contribution in [1.29, 1.82) is 0 Å². The number of fused-ring (bicyclic) bond motifs is 1. The Morgan fingerprint density at radius 2 is 1.22 bits per heavy atom. The molecule has 0 aliphatic rings. The van der Waals surface area contributed by atoms with E-state index in [1.165, 1.54) is 5.69 Å². The van der Waals surface area contributed by atoms with Gasteiger partial charge in [0, 0.05) is 42.0 Å². The zero-order valence-electron chi connectivity index (χ0n) is 28.9. The monoisotopic (exact) mass is 685 g/mol. The lowest BCUT2D eigenvalue weighted by Gasteiger charge is -2.21. The smallest absolute Gasteiger partial charge is 0.330 e. The van der Waals surface area contributed by atoms with E-state index in [0.717, 1.165) is 52.7 Å². The second kappa shape index (κ2) is 18.4. The first-order valence-corrected chi connectivity index (χ1v) is 17.0. The lowest BCUT2D eigenvalue weighted by atomic mass is 10.1. The van der Waals surface area contributed by atoms with E-state index in [-0.39, 0.29) is 19.0 Å². The average molecular weight is 686 g/mol. The molecule has 4 N–H and O–H groups in total. The highest BCUT2D eigenvalue weighted by molar-refractivity contribution is 6.02. The molecule has 0 saturated heterocycles. The van der Waals surface area contributed by atoms with Crippen LogP contribution in [-0.4, -0.2) is 31.6 Å². The first kappa shape index (κ1) is 35.9. The van der Waals surface area contributed by atoms with Crippen molar-refractivity contribution >= 4 is 62.5 Å². The molecule has 0 heterocycles. The zero-order chi connectivity index (χ0) is 35.8. The predicted molar refractivity (Wildman–Crippen MR) is 206 cm³/mol. The molecular weight excluding hydrogens is 642 g/mol. The number of hydrogen-bond acceptors (Lipinski definition) is 11. The summed E-state index contributed by atoms with van der Waals surface area (Å²) in [5, 5.41) is 10.7. The molecule has 0 unspecified atom stereocenters. The van der Waals surface area contributed by atoms with Crippen LogP contribution >= 0.6 is 0 Å². The van der Waals surface area contributed by atoms with Crippen molar-refractivity contribution in [2.75, 3.05) is 46.3 Å². The van der Waals surface area contributed by atoms with Gasteiger partial charge in [0.25, 0.3) is 0 Å². The predicted octanol–water partition coefficient (Wildman–Crippen LogP) is 9.78. The van der Waals surface area contributed by atoms with E-state index in [4.69, 9.17) is 9.47 Å². The van der Waals surface area contributed by atoms with Crippen LogP contribution in [-0.2, 0) is 14.3 Å². The number of nitrogens with zero attached hydrogens (tertiary/aromatic N) is 3. The molecule has 262 valence electrons. The molecule has 0 bridgehead atoms. The maximum atomic E-state index is 12.1. The highest BCUT2D eigenvalue weighted by atomic mass is 16.5. The molecule has 5 aromatic carbocycles. The summed E-state index contributed by atoms with van der Waals surface area (Å²) in [6.45, 7) is 9.86. The van der Waals surface area contributed by atoms with Crippen LogP contribution in [0.4, 0.5) is 39.8 Å². The first-order chi connectivity index (χ1) is 24.9. The standard InChI is InChI=1S/C40H43N7O4/c1-4-39(48)50-28-10-9-13-40(49)51-34-24-20-32(21-25-34)42-41-29-14-16-30(17-15-29)43-45-37-26-27-38(36-12-8-7-11-35(36)37)46-44-31-18-22-33(23-19-31)47(5-2)6-3/h4,7-8,11-12,14-27,43-46H,1,5-6,9-10,13,28H2,2-3H3. The van der Waals surface area contributed by atoms with Gasteiger partial charge in [-0.05, 0) is 112 Å². The number of anilines is 5. The van der Waals surface area contributed by atoms with Crippen LogP contribution < -0.4 is 31.3 Å². The van der Waals surface area contributed by atoms with E-state index in [0.29, 0.717) is 30.0 Å². The van der Waals surface area contributed by atoms with Gasteiger partial charge < -0.3 is 36.1 Å². The minimum atomic E-state index is -0.473. The van der Waals surface area contributed by atoms with Crippen LogP contribution in [0.3, 0.4) is 0 Å². The van der Waals surface area contributed by atoms with Gasteiger partial charge in [-0.1, -0.05) is 30.8 Å². The van der Waals surface area contributed by atoms with E-state index in [1.807, 2.05) is 48.5 Å². The van der Waals surface area contributed by atoms with Gasteiger partial charge in [-0.15, -0.1) is 0 Å². The number of ether oxygens (including phenoxy) is 2. The van der Waals surface area contributed by atoms with Gasteiger partial charge in [0.15, 0.2) is 0 Å². The minimum absolute atomic E-state index is 0.221. The highest BCUT2D eigenvalue weighted by Crippen LogP contribution is 2.31. The third kappa shape index (κ3) is 10.6. The van der Waals surface area contributed by atoms with Crippen LogP contribution in [0.15, 0.2) is 132 Å². The molecule has 0 saturated carbocycles. The summed E-state index contributed by atoms with van der Waals surface area (Å²) in [7, 11) is 0. The second-order valence-corrected chi connectivity index (χ2v) is 11.5. The fourth-order valence-corrected chi connectivity index (χ4v) is 5.23. The molecule has 0 amide bonds. The Bertz CT molecular complexity index is 1920. The Kier molecular flexibility index (Phi) is 13.0. The molecule has 11 heteroatoms. The molecule has 0 aromatic heterocycles. The van der Waals surface area contributed by atoms with Gasteiger partial charge in [-0.3, -0.25) is 4.79 Å². The molecule has 0 fully saturated rings. The Morgan fingerprint density at radius 3 is 1.75 bits per heavy atom. The minimum Gasteiger partial charge on any atom is -0.463 e. The topological polar surface area (TPSA) is 129 Å². The Labute approximate surface area is 298 Å². The summed E-state index contributed by atoms with van der Waals surface area (Å²) in [6, 6.07) is 35.1. The van der Waals surface area contributed by atoms with Crippen LogP contribution in [0.1, 0.15) is 33.1 Å². The van der Waals surface area contributed by atoms with E-state index < -0.39 is 5.97 Å². The molecule has 5 rings (SSSR count). The third-order valence-corrected chi connectivity index (χ3v) is 8.01. The van der Waals surface area contributed by atoms with Crippen molar-refractivity contribution in [1.82, 2.24) is 0 Å². The number of azo groups is 1. The number of carbonyl (C=O) groups is 2. The second-order valence-electron chi connectivity index (χ2n) is 11.5. The van der Waals surface area contributed by atoms with E-state index in [9.17, 15) is 9.59 Å². The third-order valence-electron chi connectivity index (χ3n) is 8.01. The van der Waals surface area contributed by atoms with Crippen LogP contribution in [0.2, 0.25) is 0 Å². The van der Waals surface area contributed by atoms with Crippen molar-refractivity contribution in [2.45, 2.75) is 33.1 Å². The van der Waals surface area contributed by atoms with E-state index >= 15 is 0 Å². The summed E-state index contributed by atoms with van der Waals surface area (Å²) in [4.78, 5) is 25.4. The number of benzene rings is 5. The summed E-state index contributed by atoms with van der Waals surface area (Å²) < 4.78 is 10.3. The largest absolute Gasteiger partial charge is 0.463 e. The van der Waals surface area contributed by atoms with Crippen molar-refractivity contribution < 1.29 is 19.1 Å². The van der Waals surface area contributed by atoms with E-state index in [2.05, 4.69) is 93.7 Å². The Balaban J connectivity index is 1.10. The molecule has 0 atom stereocenters. The SMILES string of the molecule is C=CC(=O)OCCCCC(=O)Oc1ccc(N=Nc2ccc(NNc3ccc(NNc4ccc(N(CC)CC)cc4)c4ccccc34)cc2)cc1. The summed E-state index contributed by atoms with van der Waals surface area (Å²) in [5.74, 6) is -0.406. The highest BCUT2D eigenvalue weighted by Gasteiger charge is 2.08. The molecule has 5 aromatic rings. The molecule has 0 spiro atoms. The fraction of sp³-hybridized carbons (Fsp3) is 0.200. The number of hydrazine groups is 2. The Hall–Kier alpha value is -6.36. The summed E-state index contributed by atoms with van der Waals surface area (Å²) >= 11 is 0. The first-order valence-electron chi connectivity index (χ1n) is 17.0. The average Bonchev–Trinajstić information content (AvgIpc) is 3.17. The van der Waals surface area contributed by atoms with Crippen molar-refractivity contribution in [3.63, 3.8) is 0 Å². The number of esters is 2. The number of carbonyl (C=O) groups excluding carboxylic acids is 2. The van der Waals surface area contributed by atoms with Gasteiger partial charge in [0.05, 0.1) is 40.7 Å². The molecular formula is C40H43N7O4. The maximum Gasteiger partial charge on any atom is 0.330 e. The quantitative estimate of drug-likeness (QED) is 0.0178. The fourth-order valence-electron chi connectivity index (χ4n) is 5.23. The number of hydrogen-bond donors (Lipinski definition) is 4. The lowest BCUT2D eigenvalue weighted by molar-refractivity contribution is -0.137. The van der Waals surface area contributed by atoms with Crippen LogP contribution in [0.5, 0.6) is 5.75 Å². The van der Waals surface area contributed by atoms with Gasteiger partial charge in [0.1, 0.15) is 5.75 Å². The van der Waals surface area contributed by atoms with Crippen LogP contribution in [0.25, 0.3) is 10.8 Å². The van der Waals surface area contributed by atoms with E-state index in [1.54, 1.807) is 24.3 Å². The summed E-state index contributed by atoms with van der Waals surface area (Å²) in [5.41, 5.74) is 19.6. The van der Waals surface area contributed by atoms with Crippen molar-refractivity contribution in [3.8, 4) is 5.75 Å². The number of rotatable bonds is 18. The van der Waals surface area contributed by atoms with Crippen molar-refractivity contribution in [3.05, 3.63) is 122 Å². The lowest BCUT2D eigenvalue weighted by Crippen LogP contribution is -2.21. The molecule has 51 heavy (non-hydrogen) atoms. The zero-order valence-corrected chi connectivity index (χ0v) is 28.9. The normalized spacial score (nSPS) is 10.8. The molecule has 0 aliphatic heterocycles. The Morgan fingerprint density at radius 1 is 0.686 bits per heavy atom. The van der Waals surface area contributed by atoms with Crippen LogP contribution in [0, 0.1) is 0 Å². The number of nitrogens with one attached hydrogen (secondary N) is 4. The van der Waals surface area contributed by atoms with Crippen molar-refractivity contribution in [2.24, 2.45) is 10.2 Å². The number of unbranched alkanes of at least 4 members (excludes halogenated alkanes) is 1. The van der Waals surface area contributed by atoms with Gasteiger partial charge in [-0.2, -0.15) is 10.2 Å². The van der Waals surface area contributed by atoms with Gasteiger partial charge in [-0.25, -0.2) is 4.79 Å². The van der Waals surface area contributed by atoms with Gasteiger partial charge >= 0.3 is 11.9 Å². The maximum absolute atomic E-state index is 12.1. The molecule has 0 radical (unpaired) electrons. The molecule has 0 aliphatic carbocycles. The molecule has 11 nitrogen and oxygen atoms in total. The van der Waals surface area contributed by atoms with Gasteiger partial charge in [0.2, 0.25) is 0 Å².